The van der Waals surface area contributed by atoms with Crippen molar-refractivity contribution in [2.45, 2.75) is 0 Å². The van der Waals surface area contributed by atoms with E-state index in [9.17, 15) is 14.4 Å². The van der Waals surface area contributed by atoms with Gasteiger partial charge in [0.2, 0.25) is 6.79 Å². The summed E-state index contributed by atoms with van der Waals surface area (Å²) in [6.45, 7) is 0.0707. The number of rotatable bonds is 3. The fourth-order valence-corrected chi connectivity index (χ4v) is 2.76. The molecule has 9 heteroatoms. The molecule has 2 aliphatic rings. The lowest BCUT2D eigenvalue weighted by Crippen LogP contribution is -2.54. The second-order valence-corrected chi connectivity index (χ2v) is 5.62. The van der Waals surface area contributed by atoms with Gasteiger partial charge in [-0.05, 0) is 24.3 Å². The highest BCUT2D eigenvalue weighted by molar-refractivity contribution is 6.39. The number of carbonyl (C=O) groups is 3. The Balaban J connectivity index is 1.77. The molecular formula is C18H13N3O6. The number of pyridine rings is 1. The van der Waals surface area contributed by atoms with Gasteiger partial charge in [-0.3, -0.25) is 19.9 Å². The largest absolute Gasteiger partial charge is 0.496 e. The predicted molar refractivity (Wildman–Crippen MR) is 92.4 cm³/mol. The van der Waals surface area contributed by atoms with Crippen molar-refractivity contribution in [3.63, 3.8) is 0 Å². The molecule has 1 fully saturated rings. The van der Waals surface area contributed by atoms with Crippen molar-refractivity contribution in [2.75, 3.05) is 18.8 Å². The number of nitrogens with zero attached hydrogens (tertiary/aromatic N) is 2. The predicted octanol–water partition coefficient (Wildman–Crippen LogP) is 1.49. The van der Waals surface area contributed by atoms with E-state index >= 15 is 0 Å². The zero-order chi connectivity index (χ0) is 19.0. The molecule has 1 aromatic carbocycles. The van der Waals surface area contributed by atoms with Gasteiger partial charge in [-0.25, -0.2) is 9.69 Å². The minimum atomic E-state index is -0.840. The number of hydrogen-bond donors (Lipinski definition) is 1. The molecule has 0 saturated carbocycles. The van der Waals surface area contributed by atoms with Crippen LogP contribution in [0.3, 0.4) is 0 Å². The summed E-state index contributed by atoms with van der Waals surface area (Å²) < 4.78 is 15.9. The summed E-state index contributed by atoms with van der Waals surface area (Å²) in [6, 6.07) is 5.48. The molecule has 1 saturated heterocycles. The average Bonchev–Trinajstić information content (AvgIpc) is 3.12. The van der Waals surface area contributed by atoms with E-state index in [1.165, 1.54) is 25.6 Å². The summed E-state index contributed by atoms with van der Waals surface area (Å²) in [5, 5.41) is 2.15. The molecule has 2 aliphatic heterocycles. The Bertz CT molecular complexity index is 986. The van der Waals surface area contributed by atoms with Crippen molar-refractivity contribution in [3.05, 3.63) is 47.8 Å². The lowest BCUT2D eigenvalue weighted by Gasteiger charge is -2.26. The number of urea groups is 1. The first kappa shape index (κ1) is 16.6. The monoisotopic (exact) mass is 367 g/mol. The van der Waals surface area contributed by atoms with Crippen LogP contribution in [0.2, 0.25) is 0 Å². The standard InChI is InChI=1S/C18H13N3O6/c1-25-13-7-15-14(26-9-27-15)6-10(13)5-12-16(22)20-18(24)21(17(12)23)11-3-2-4-19-8-11/h2-8H,9H2,1H3,(H,20,22,24)/b12-5+. The van der Waals surface area contributed by atoms with Crippen LogP contribution in [0.4, 0.5) is 10.5 Å². The van der Waals surface area contributed by atoms with Gasteiger partial charge in [-0.2, -0.15) is 0 Å². The maximum absolute atomic E-state index is 12.8. The lowest BCUT2D eigenvalue weighted by molar-refractivity contribution is -0.122. The highest BCUT2D eigenvalue weighted by atomic mass is 16.7. The van der Waals surface area contributed by atoms with Crippen LogP contribution >= 0.6 is 0 Å². The van der Waals surface area contributed by atoms with Crippen LogP contribution in [0.15, 0.2) is 42.2 Å². The number of methoxy groups -OCH3 is 1. The van der Waals surface area contributed by atoms with Crippen molar-refractivity contribution in [3.8, 4) is 17.2 Å². The van der Waals surface area contributed by atoms with Gasteiger partial charge in [0, 0.05) is 17.8 Å². The van der Waals surface area contributed by atoms with Crippen LogP contribution in [-0.2, 0) is 9.59 Å². The quantitative estimate of drug-likeness (QED) is 0.647. The van der Waals surface area contributed by atoms with Crippen LogP contribution in [0.25, 0.3) is 6.08 Å². The highest BCUT2D eigenvalue weighted by Gasteiger charge is 2.37. The van der Waals surface area contributed by atoms with E-state index in [1.54, 1.807) is 24.3 Å². The molecule has 0 bridgehead atoms. The third kappa shape index (κ3) is 2.84. The van der Waals surface area contributed by atoms with Gasteiger partial charge >= 0.3 is 6.03 Å². The second kappa shape index (κ2) is 6.45. The molecule has 3 heterocycles. The normalized spacial score (nSPS) is 17.3. The van der Waals surface area contributed by atoms with Gasteiger partial charge in [0.05, 0.1) is 19.0 Å². The maximum Gasteiger partial charge on any atom is 0.336 e. The summed E-state index contributed by atoms with van der Waals surface area (Å²) in [5.41, 5.74) is 0.451. The molecule has 2 aromatic rings. The summed E-state index contributed by atoms with van der Waals surface area (Å²) in [5.74, 6) is -0.217. The smallest absolute Gasteiger partial charge is 0.336 e. The Morgan fingerprint density at radius 1 is 1.22 bits per heavy atom. The summed E-state index contributed by atoms with van der Waals surface area (Å²) in [4.78, 5) is 42.0. The minimum absolute atomic E-state index is 0.0707. The SMILES string of the molecule is COc1cc2c(cc1/C=C1\C(=O)NC(=O)N(c3cccnc3)C1=O)OCO2. The second-order valence-electron chi connectivity index (χ2n) is 5.62. The molecule has 1 aromatic heterocycles. The highest BCUT2D eigenvalue weighted by Crippen LogP contribution is 2.39. The van der Waals surface area contributed by atoms with Gasteiger partial charge in [0.15, 0.2) is 11.5 Å². The lowest BCUT2D eigenvalue weighted by atomic mass is 10.1. The molecule has 27 heavy (non-hydrogen) atoms. The molecule has 0 spiro atoms. The topological polar surface area (TPSA) is 107 Å². The maximum atomic E-state index is 12.8. The van der Waals surface area contributed by atoms with Crippen LogP contribution in [0, 0.1) is 0 Å². The van der Waals surface area contributed by atoms with E-state index in [1.807, 2.05) is 0 Å². The van der Waals surface area contributed by atoms with Gasteiger partial charge in [-0.15, -0.1) is 0 Å². The molecule has 4 amide bonds. The summed E-state index contributed by atoms with van der Waals surface area (Å²) in [7, 11) is 1.45. The third-order valence-corrected chi connectivity index (χ3v) is 4.03. The fourth-order valence-electron chi connectivity index (χ4n) is 2.76. The summed E-state index contributed by atoms with van der Waals surface area (Å²) >= 11 is 0. The number of benzene rings is 1. The Hall–Kier alpha value is -3.88. The Morgan fingerprint density at radius 2 is 2.00 bits per heavy atom. The molecule has 1 N–H and O–H groups in total. The summed E-state index contributed by atoms with van der Waals surface area (Å²) in [6.07, 6.45) is 4.20. The van der Waals surface area contributed by atoms with E-state index in [0.29, 0.717) is 22.8 Å². The van der Waals surface area contributed by atoms with E-state index in [0.717, 1.165) is 4.90 Å². The molecule has 9 nitrogen and oxygen atoms in total. The van der Waals surface area contributed by atoms with Crippen LogP contribution in [0.1, 0.15) is 5.56 Å². The Morgan fingerprint density at radius 3 is 2.70 bits per heavy atom. The zero-order valence-electron chi connectivity index (χ0n) is 14.1. The van der Waals surface area contributed by atoms with E-state index in [-0.39, 0.29) is 18.1 Å². The minimum Gasteiger partial charge on any atom is -0.496 e. The number of imide groups is 2. The van der Waals surface area contributed by atoms with Crippen molar-refractivity contribution in [1.29, 1.82) is 0 Å². The first-order valence-corrected chi connectivity index (χ1v) is 7.87. The number of anilines is 1. The van der Waals surface area contributed by atoms with Crippen molar-refractivity contribution in [1.82, 2.24) is 10.3 Å². The van der Waals surface area contributed by atoms with Gasteiger partial charge < -0.3 is 14.2 Å². The molecule has 0 unspecified atom stereocenters. The van der Waals surface area contributed by atoms with Crippen molar-refractivity contribution < 1.29 is 28.6 Å². The molecule has 0 radical (unpaired) electrons. The first-order valence-electron chi connectivity index (χ1n) is 7.87. The number of carbonyl (C=O) groups excluding carboxylic acids is 3. The molecule has 0 aliphatic carbocycles. The van der Waals surface area contributed by atoms with Gasteiger partial charge in [0.1, 0.15) is 11.3 Å². The first-order chi connectivity index (χ1) is 13.1. The van der Waals surface area contributed by atoms with E-state index in [4.69, 9.17) is 14.2 Å². The third-order valence-electron chi connectivity index (χ3n) is 4.03. The van der Waals surface area contributed by atoms with Crippen molar-refractivity contribution >= 4 is 29.6 Å². The van der Waals surface area contributed by atoms with Crippen LogP contribution in [0.5, 0.6) is 17.2 Å². The van der Waals surface area contributed by atoms with Crippen LogP contribution < -0.4 is 24.4 Å². The number of aromatic nitrogens is 1. The number of fused-ring (bicyclic) bond motifs is 1. The van der Waals surface area contributed by atoms with Gasteiger partial charge in [0.25, 0.3) is 11.8 Å². The number of ether oxygens (including phenoxy) is 3. The number of hydrogen-bond acceptors (Lipinski definition) is 7. The van der Waals surface area contributed by atoms with Gasteiger partial charge in [-0.1, -0.05) is 0 Å². The van der Waals surface area contributed by atoms with Crippen molar-refractivity contribution in [2.24, 2.45) is 0 Å². The zero-order valence-corrected chi connectivity index (χ0v) is 14.1. The molecule has 4 rings (SSSR count). The average molecular weight is 367 g/mol. The fraction of sp³-hybridized carbons (Fsp3) is 0.111. The number of amides is 4. The molecule has 136 valence electrons. The number of nitrogens with one attached hydrogen (secondary N) is 1. The Kier molecular flexibility index (Phi) is 3.96. The molecular weight excluding hydrogens is 354 g/mol. The van der Waals surface area contributed by atoms with Crippen LogP contribution in [-0.4, -0.2) is 36.7 Å². The molecule has 0 atom stereocenters. The number of barbiturate groups is 1. The Labute approximate surface area is 153 Å². The van der Waals surface area contributed by atoms with E-state index < -0.39 is 17.8 Å². The van der Waals surface area contributed by atoms with E-state index in [2.05, 4.69) is 10.3 Å².